The first-order valence-corrected chi connectivity index (χ1v) is 10.0. The van der Waals surface area contributed by atoms with Gasteiger partial charge < -0.3 is 16.0 Å². The van der Waals surface area contributed by atoms with Crippen molar-refractivity contribution >= 4 is 29.1 Å². The second-order valence-corrected chi connectivity index (χ2v) is 7.14. The van der Waals surface area contributed by atoms with Crippen LogP contribution >= 0.6 is 0 Å². The van der Waals surface area contributed by atoms with Crippen molar-refractivity contribution < 1.29 is 35.9 Å². The SMILES string of the molecule is O=C(NCCN(C(=O)Nc1cccc(C(F)(F)F)c1)c1ccc(F)cc1)Nc1ccc(F)cc1F. The summed E-state index contributed by atoms with van der Waals surface area (Å²) in [5.74, 6) is -2.39. The standard InChI is InChI=1S/C23H18F6N4O2/c24-15-4-7-18(8-5-15)33(22(35)31-17-3-1-2-14(12-17)23(27,28)29)11-10-30-21(34)32-20-9-6-16(25)13-19(20)26/h1-9,12-13H,10-11H2,(H,31,35)(H2,30,32,34). The monoisotopic (exact) mass is 496 g/mol. The number of alkyl halides is 3. The van der Waals surface area contributed by atoms with Gasteiger partial charge in [0, 0.05) is 30.5 Å². The van der Waals surface area contributed by atoms with Crippen LogP contribution in [-0.4, -0.2) is 25.2 Å². The smallest absolute Gasteiger partial charge is 0.336 e. The zero-order chi connectivity index (χ0) is 25.6. The lowest BCUT2D eigenvalue weighted by Gasteiger charge is -2.24. The first-order chi connectivity index (χ1) is 16.5. The number of nitrogens with zero attached hydrogens (tertiary/aromatic N) is 1. The Morgan fingerprint density at radius 2 is 1.51 bits per heavy atom. The quantitative estimate of drug-likeness (QED) is 0.367. The Hall–Kier alpha value is -4.22. The molecule has 4 amide bonds. The Labute approximate surface area is 195 Å². The van der Waals surface area contributed by atoms with Gasteiger partial charge in [-0.25, -0.2) is 22.8 Å². The molecule has 6 nitrogen and oxygen atoms in total. The first-order valence-electron chi connectivity index (χ1n) is 10.0. The van der Waals surface area contributed by atoms with Crippen LogP contribution in [0.5, 0.6) is 0 Å². The number of hydrogen-bond donors (Lipinski definition) is 3. The van der Waals surface area contributed by atoms with Crippen LogP contribution in [0.3, 0.4) is 0 Å². The fraction of sp³-hybridized carbons (Fsp3) is 0.130. The molecule has 3 rings (SSSR count). The Balaban J connectivity index is 1.69. The summed E-state index contributed by atoms with van der Waals surface area (Å²) in [4.78, 5) is 25.9. The Kier molecular flexibility index (Phi) is 7.84. The molecule has 12 heteroatoms. The van der Waals surface area contributed by atoms with E-state index in [0.717, 1.165) is 47.4 Å². The molecular formula is C23H18F6N4O2. The van der Waals surface area contributed by atoms with E-state index in [2.05, 4.69) is 16.0 Å². The molecule has 0 aliphatic rings. The molecule has 3 aromatic carbocycles. The zero-order valence-corrected chi connectivity index (χ0v) is 17.8. The molecule has 0 aliphatic heterocycles. The number of carbonyl (C=O) groups is 2. The first kappa shape index (κ1) is 25.4. The van der Waals surface area contributed by atoms with Gasteiger partial charge in [0.05, 0.1) is 11.3 Å². The zero-order valence-electron chi connectivity index (χ0n) is 17.8. The largest absolute Gasteiger partial charge is 0.416 e. The van der Waals surface area contributed by atoms with Gasteiger partial charge in [0.15, 0.2) is 0 Å². The minimum Gasteiger partial charge on any atom is -0.336 e. The highest BCUT2D eigenvalue weighted by atomic mass is 19.4. The third-order valence-electron chi connectivity index (χ3n) is 4.62. The maximum absolute atomic E-state index is 13.7. The van der Waals surface area contributed by atoms with Gasteiger partial charge in [0.1, 0.15) is 17.5 Å². The third kappa shape index (κ3) is 7.13. The van der Waals surface area contributed by atoms with Crippen molar-refractivity contribution in [3.8, 4) is 0 Å². The molecule has 0 fully saturated rings. The summed E-state index contributed by atoms with van der Waals surface area (Å²) < 4.78 is 78.9. The van der Waals surface area contributed by atoms with Crippen molar-refractivity contribution in [1.29, 1.82) is 0 Å². The minimum atomic E-state index is -4.61. The van der Waals surface area contributed by atoms with E-state index in [1.54, 1.807) is 0 Å². The molecule has 0 bridgehead atoms. The molecule has 0 radical (unpaired) electrons. The van der Waals surface area contributed by atoms with Crippen LogP contribution in [0, 0.1) is 17.5 Å². The Bertz CT molecular complexity index is 1200. The molecular weight excluding hydrogens is 478 g/mol. The summed E-state index contributed by atoms with van der Waals surface area (Å²) in [6.45, 7) is -0.363. The number of amides is 4. The average molecular weight is 496 g/mol. The second-order valence-electron chi connectivity index (χ2n) is 7.14. The molecule has 0 spiro atoms. The average Bonchev–Trinajstić information content (AvgIpc) is 2.79. The van der Waals surface area contributed by atoms with Crippen molar-refractivity contribution in [2.24, 2.45) is 0 Å². The van der Waals surface area contributed by atoms with E-state index in [1.165, 1.54) is 18.2 Å². The number of benzene rings is 3. The fourth-order valence-corrected chi connectivity index (χ4v) is 2.97. The topological polar surface area (TPSA) is 73.5 Å². The number of rotatable bonds is 6. The molecule has 0 saturated carbocycles. The van der Waals surface area contributed by atoms with Gasteiger partial charge in [0.2, 0.25) is 0 Å². The number of nitrogens with one attached hydrogen (secondary N) is 3. The Morgan fingerprint density at radius 1 is 0.829 bits per heavy atom. The molecule has 0 aliphatic carbocycles. The van der Waals surface area contributed by atoms with Crippen LogP contribution in [0.2, 0.25) is 0 Å². The van der Waals surface area contributed by atoms with Crippen LogP contribution in [0.1, 0.15) is 5.56 Å². The highest BCUT2D eigenvalue weighted by Gasteiger charge is 2.30. The summed E-state index contributed by atoms with van der Waals surface area (Å²) in [6.07, 6.45) is -4.61. The molecule has 35 heavy (non-hydrogen) atoms. The normalized spacial score (nSPS) is 11.0. The van der Waals surface area contributed by atoms with Gasteiger partial charge in [-0.3, -0.25) is 4.90 Å². The van der Waals surface area contributed by atoms with Crippen molar-refractivity contribution in [3.05, 3.63) is 89.7 Å². The van der Waals surface area contributed by atoms with Crippen LogP contribution in [0.15, 0.2) is 66.7 Å². The minimum absolute atomic E-state index is 0.130. The van der Waals surface area contributed by atoms with Gasteiger partial charge >= 0.3 is 18.2 Å². The Morgan fingerprint density at radius 3 is 2.17 bits per heavy atom. The lowest BCUT2D eigenvalue weighted by Crippen LogP contribution is -2.42. The van der Waals surface area contributed by atoms with Gasteiger partial charge in [0.25, 0.3) is 0 Å². The van der Waals surface area contributed by atoms with Gasteiger partial charge in [-0.1, -0.05) is 6.07 Å². The van der Waals surface area contributed by atoms with Gasteiger partial charge in [-0.05, 0) is 54.6 Å². The van der Waals surface area contributed by atoms with Crippen LogP contribution < -0.4 is 20.9 Å². The number of carbonyl (C=O) groups excluding carboxylic acids is 2. The van der Waals surface area contributed by atoms with E-state index in [-0.39, 0.29) is 30.2 Å². The molecule has 0 aromatic heterocycles. The predicted octanol–water partition coefficient (Wildman–Crippen LogP) is 5.98. The molecule has 3 aromatic rings. The maximum atomic E-state index is 13.7. The number of anilines is 3. The molecule has 0 atom stereocenters. The third-order valence-corrected chi connectivity index (χ3v) is 4.62. The lowest BCUT2D eigenvalue weighted by molar-refractivity contribution is -0.137. The van der Waals surface area contributed by atoms with Crippen molar-refractivity contribution in [3.63, 3.8) is 0 Å². The van der Waals surface area contributed by atoms with Crippen molar-refractivity contribution in [2.75, 3.05) is 28.6 Å². The summed E-state index contributed by atoms with van der Waals surface area (Å²) in [5, 5.41) is 6.90. The predicted molar refractivity (Wildman–Crippen MR) is 118 cm³/mol. The van der Waals surface area contributed by atoms with E-state index in [4.69, 9.17) is 0 Å². The van der Waals surface area contributed by atoms with E-state index < -0.39 is 41.3 Å². The second kappa shape index (κ2) is 10.8. The van der Waals surface area contributed by atoms with Crippen LogP contribution in [0.25, 0.3) is 0 Å². The van der Waals surface area contributed by atoms with Crippen LogP contribution in [0.4, 0.5) is 53.0 Å². The van der Waals surface area contributed by atoms with E-state index in [9.17, 15) is 35.9 Å². The molecule has 0 heterocycles. The lowest BCUT2D eigenvalue weighted by atomic mass is 10.2. The van der Waals surface area contributed by atoms with Crippen molar-refractivity contribution in [2.45, 2.75) is 6.18 Å². The summed E-state index contributed by atoms with van der Waals surface area (Å²) in [6, 6.07) is 9.56. The number of urea groups is 2. The molecule has 0 unspecified atom stereocenters. The van der Waals surface area contributed by atoms with Crippen molar-refractivity contribution in [1.82, 2.24) is 5.32 Å². The van der Waals surface area contributed by atoms with E-state index >= 15 is 0 Å². The molecule has 3 N–H and O–H groups in total. The van der Waals surface area contributed by atoms with Gasteiger partial charge in [-0.2, -0.15) is 13.2 Å². The summed E-state index contributed by atoms with van der Waals surface area (Å²) in [7, 11) is 0. The van der Waals surface area contributed by atoms with Crippen LogP contribution in [-0.2, 0) is 6.18 Å². The maximum Gasteiger partial charge on any atom is 0.416 e. The highest BCUT2D eigenvalue weighted by molar-refractivity contribution is 6.01. The van der Waals surface area contributed by atoms with Gasteiger partial charge in [-0.15, -0.1) is 0 Å². The van der Waals surface area contributed by atoms with E-state index in [0.29, 0.717) is 6.07 Å². The number of hydrogen-bond acceptors (Lipinski definition) is 2. The summed E-state index contributed by atoms with van der Waals surface area (Å²) >= 11 is 0. The molecule has 0 saturated heterocycles. The molecule has 184 valence electrons. The number of halogens is 6. The summed E-state index contributed by atoms with van der Waals surface area (Å²) in [5.41, 5.74) is -1.17. The highest BCUT2D eigenvalue weighted by Crippen LogP contribution is 2.30. The fourth-order valence-electron chi connectivity index (χ4n) is 2.97. The van der Waals surface area contributed by atoms with E-state index in [1.807, 2.05) is 0 Å².